The smallest absolute Gasteiger partial charge is 0.354 e. The molecule has 0 aromatic carbocycles. The van der Waals surface area contributed by atoms with Gasteiger partial charge in [0.25, 0.3) is 0 Å². The van der Waals surface area contributed by atoms with Crippen LogP contribution in [0, 0.1) is 5.92 Å². The Morgan fingerprint density at radius 2 is 2.23 bits per heavy atom. The summed E-state index contributed by atoms with van der Waals surface area (Å²) in [6.07, 6.45) is 5.43. The second-order valence-corrected chi connectivity index (χ2v) is 7.48. The molecular formula is C17H23ClN4O3S. The summed E-state index contributed by atoms with van der Waals surface area (Å²) >= 11 is 1.35. The summed E-state index contributed by atoms with van der Waals surface area (Å²) in [6.45, 7) is 1.94. The molecule has 2 aromatic rings. The Balaban J connectivity index is 0.00000243. The summed E-state index contributed by atoms with van der Waals surface area (Å²) in [5.41, 5.74) is 7.62. The van der Waals surface area contributed by atoms with E-state index in [2.05, 4.69) is 20.0 Å². The third-order valence-corrected chi connectivity index (χ3v) is 5.45. The van der Waals surface area contributed by atoms with Crippen LogP contribution in [0.15, 0.2) is 17.6 Å². The molecule has 0 bridgehead atoms. The molecule has 4 N–H and O–H groups in total. The van der Waals surface area contributed by atoms with Gasteiger partial charge in [0.1, 0.15) is 5.69 Å². The molecule has 142 valence electrons. The van der Waals surface area contributed by atoms with Crippen LogP contribution in [0.25, 0.3) is 11.3 Å². The van der Waals surface area contributed by atoms with Crippen LogP contribution in [-0.2, 0) is 9.53 Å². The van der Waals surface area contributed by atoms with Crippen molar-refractivity contribution in [1.29, 1.82) is 0 Å². The summed E-state index contributed by atoms with van der Waals surface area (Å²) in [4.78, 5) is 31.4. The first-order valence-corrected chi connectivity index (χ1v) is 9.11. The van der Waals surface area contributed by atoms with Crippen molar-refractivity contribution < 1.29 is 14.3 Å². The van der Waals surface area contributed by atoms with E-state index >= 15 is 0 Å². The standard InChI is InChI=1S/C17H22N4O3S.ClH/c1-17(18)6-4-3-5-11(17)14(22)21-16-20-13(9-25-16)10-7-12(19-8-10)15(23)24-2;/h7-9,11,19H,3-6,18H2,1-2H3,(H,20,21,22);1H. The van der Waals surface area contributed by atoms with Crippen LogP contribution in [0.3, 0.4) is 0 Å². The van der Waals surface area contributed by atoms with Crippen LogP contribution in [0.5, 0.6) is 0 Å². The Hall–Kier alpha value is -1.90. The number of anilines is 1. The third-order valence-electron chi connectivity index (χ3n) is 4.69. The Morgan fingerprint density at radius 1 is 1.46 bits per heavy atom. The number of ether oxygens (including phenoxy) is 1. The highest BCUT2D eigenvalue weighted by molar-refractivity contribution is 7.14. The van der Waals surface area contributed by atoms with E-state index in [0.29, 0.717) is 16.5 Å². The quantitative estimate of drug-likeness (QED) is 0.685. The first-order chi connectivity index (χ1) is 11.9. The number of H-pyrrole nitrogens is 1. The van der Waals surface area contributed by atoms with Crippen LogP contribution < -0.4 is 11.1 Å². The fourth-order valence-electron chi connectivity index (χ4n) is 3.22. The molecule has 1 fully saturated rings. The Morgan fingerprint density at radius 3 is 2.92 bits per heavy atom. The number of carbonyl (C=O) groups is 2. The first-order valence-electron chi connectivity index (χ1n) is 8.23. The predicted molar refractivity (Wildman–Crippen MR) is 104 cm³/mol. The fraction of sp³-hybridized carbons (Fsp3) is 0.471. The maximum atomic E-state index is 12.6. The largest absolute Gasteiger partial charge is 0.464 e. The number of esters is 1. The Labute approximate surface area is 162 Å². The predicted octanol–water partition coefficient (Wildman–Crippen LogP) is 3.19. The highest BCUT2D eigenvalue weighted by Crippen LogP contribution is 2.33. The first kappa shape index (κ1) is 20.4. The molecule has 1 amide bonds. The van der Waals surface area contributed by atoms with E-state index in [0.717, 1.165) is 31.2 Å². The normalized spacial score (nSPS) is 22.3. The summed E-state index contributed by atoms with van der Waals surface area (Å²) in [7, 11) is 1.33. The van der Waals surface area contributed by atoms with Gasteiger partial charge >= 0.3 is 5.97 Å². The zero-order valence-corrected chi connectivity index (χ0v) is 16.3. The zero-order chi connectivity index (χ0) is 18.0. The van der Waals surface area contributed by atoms with Gasteiger partial charge in [-0.25, -0.2) is 9.78 Å². The fourth-order valence-corrected chi connectivity index (χ4v) is 3.94. The Kier molecular flexibility index (Phi) is 6.44. The number of aromatic nitrogens is 2. The molecule has 7 nitrogen and oxygen atoms in total. The second kappa shape index (κ2) is 8.20. The van der Waals surface area contributed by atoms with E-state index < -0.39 is 11.5 Å². The Bertz CT molecular complexity index is 787. The number of hydrogen-bond acceptors (Lipinski definition) is 6. The van der Waals surface area contributed by atoms with Crippen molar-refractivity contribution in [2.45, 2.75) is 38.1 Å². The summed E-state index contributed by atoms with van der Waals surface area (Å²) in [5, 5.41) is 5.25. The van der Waals surface area contributed by atoms with Crippen LogP contribution in [0.4, 0.5) is 5.13 Å². The number of nitrogens with zero attached hydrogens (tertiary/aromatic N) is 1. The average molecular weight is 399 g/mol. The number of rotatable bonds is 4. The zero-order valence-electron chi connectivity index (χ0n) is 14.7. The number of nitrogens with one attached hydrogen (secondary N) is 2. The third kappa shape index (κ3) is 4.25. The molecule has 3 rings (SSSR count). The van der Waals surface area contributed by atoms with Gasteiger partial charge in [0.05, 0.1) is 18.7 Å². The van der Waals surface area contributed by atoms with Crippen LogP contribution in [0.2, 0.25) is 0 Å². The van der Waals surface area contributed by atoms with Crippen molar-refractivity contribution in [2.75, 3.05) is 12.4 Å². The van der Waals surface area contributed by atoms with Gasteiger partial charge in [-0.3, -0.25) is 4.79 Å². The van der Waals surface area contributed by atoms with Crippen molar-refractivity contribution in [3.63, 3.8) is 0 Å². The summed E-state index contributed by atoms with van der Waals surface area (Å²) in [5.74, 6) is -0.712. The topological polar surface area (TPSA) is 110 Å². The van der Waals surface area contributed by atoms with E-state index in [1.165, 1.54) is 18.4 Å². The van der Waals surface area contributed by atoms with E-state index in [1.807, 2.05) is 12.3 Å². The van der Waals surface area contributed by atoms with E-state index in [9.17, 15) is 9.59 Å². The van der Waals surface area contributed by atoms with Gasteiger partial charge in [-0.05, 0) is 25.8 Å². The molecule has 2 heterocycles. The van der Waals surface area contributed by atoms with Gasteiger partial charge in [-0.2, -0.15) is 0 Å². The van der Waals surface area contributed by atoms with Gasteiger partial charge in [-0.1, -0.05) is 12.8 Å². The maximum absolute atomic E-state index is 12.6. The second-order valence-electron chi connectivity index (χ2n) is 6.62. The number of halogens is 1. The number of thiazole rings is 1. The molecule has 1 aliphatic rings. The summed E-state index contributed by atoms with van der Waals surface area (Å²) < 4.78 is 4.67. The minimum absolute atomic E-state index is 0. The van der Waals surface area contributed by atoms with Crippen LogP contribution in [0.1, 0.15) is 43.1 Å². The molecule has 0 saturated heterocycles. The van der Waals surface area contributed by atoms with E-state index in [1.54, 1.807) is 12.3 Å². The van der Waals surface area contributed by atoms with Gasteiger partial charge in [0.15, 0.2) is 5.13 Å². The monoisotopic (exact) mass is 398 g/mol. The molecule has 26 heavy (non-hydrogen) atoms. The number of amides is 1. The molecule has 0 spiro atoms. The number of aromatic amines is 1. The van der Waals surface area contributed by atoms with Gasteiger partial charge < -0.3 is 20.8 Å². The molecule has 2 aromatic heterocycles. The van der Waals surface area contributed by atoms with E-state index in [-0.39, 0.29) is 24.2 Å². The van der Waals surface area contributed by atoms with Crippen molar-refractivity contribution in [3.8, 4) is 11.3 Å². The SMILES string of the molecule is COC(=O)c1cc(-c2csc(NC(=O)C3CCCCC3(C)N)n2)c[nH]1.Cl. The minimum Gasteiger partial charge on any atom is -0.464 e. The maximum Gasteiger partial charge on any atom is 0.354 e. The number of hydrogen-bond donors (Lipinski definition) is 3. The molecule has 0 radical (unpaired) electrons. The highest BCUT2D eigenvalue weighted by Gasteiger charge is 2.38. The van der Waals surface area contributed by atoms with Crippen molar-refractivity contribution in [1.82, 2.24) is 9.97 Å². The molecule has 2 atom stereocenters. The lowest BCUT2D eigenvalue weighted by Crippen LogP contribution is -2.51. The van der Waals surface area contributed by atoms with Gasteiger partial charge in [-0.15, -0.1) is 23.7 Å². The van der Waals surface area contributed by atoms with Gasteiger partial charge in [0, 0.05) is 22.7 Å². The molecule has 2 unspecified atom stereocenters. The van der Waals surface area contributed by atoms with Crippen molar-refractivity contribution in [2.24, 2.45) is 11.7 Å². The van der Waals surface area contributed by atoms with Crippen LogP contribution in [-0.4, -0.2) is 34.5 Å². The minimum atomic E-state index is -0.474. The number of methoxy groups -OCH3 is 1. The number of carbonyl (C=O) groups excluding carboxylic acids is 2. The van der Waals surface area contributed by atoms with Crippen molar-refractivity contribution in [3.05, 3.63) is 23.3 Å². The molecular weight excluding hydrogens is 376 g/mol. The molecule has 9 heteroatoms. The van der Waals surface area contributed by atoms with Crippen molar-refractivity contribution >= 4 is 40.8 Å². The summed E-state index contributed by atoms with van der Waals surface area (Å²) in [6, 6.07) is 1.67. The van der Waals surface area contributed by atoms with Crippen LogP contribution >= 0.6 is 23.7 Å². The lowest BCUT2D eigenvalue weighted by molar-refractivity contribution is -0.122. The lowest BCUT2D eigenvalue weighted by atomic mass is 9.74. The molecule has 0 aliphatic heterocycles. The highest BCUT2D eigenvalue weighted by atomic mass is 35.5. The number of nitrogens with two attached hydrogens (primary N) is 1. The average Bonchev–Trinajstić information content (AvgIpc) is 3.22. The molecule has 1 saturated carbocycles. The molecule has 1 aliphatic carbocycles. The lowest BCUT2D eigenvalue weighted by Gasteiger charge is -2.36. The van der Waals surface area contributed by atoms with E-state index in [4.69, 9.17) is 5.73 Å². The van der Waals surface area contributed by atoms with Gasteiger partial charge in [0.2, 0.25) is 5.91 Å².